The third-order valence-electron chi connectivity index (χ3n) is 8.16. The van der Waals surface area contributed by atoms with Crippen LogP contribution in [0.25, 0.3) is 0 Å². The first-order valence-corrected chi connectivity index (χ1v) is 13.6. The van der Waals surface area contributed by atoms with Crippen LogP contribution in [-0.2, 0) is 19.1 Å². The first kappa shape index (κ1) is 25.9. The summed E-state index contributed by atoms with van der Waals surface area (Å²) in [6.07, 6.45) is 4.77. The quantitative estimate of drug-likeness (QED) is 0.629. The van der Waals surface area contributed by atoms with Gasteiger partial charge in [0, 0.05) is 51.0 Å². The van der Waals surface area contributed by atoms with Gasteiger partial charge in [-0.2, -0.15) is 0 Å². The van der Waals surface area contributed by atoms with Gasteiger partial charge in [0.1, 0.15) is 0 Å². The van der Waals surface area contributed by atoms with Crippen molar-refractivity contribution in [1.82, 2.24) is 20.0 Å². The Balaban J connectivity index is 1.23. The van der Waals surface area contributed by atoms with Gasteiger partial charge in [-0.05, 0) is 51.1 Å². The molecule has 0 bridgehead atoms. The Morgan fingerprint density at radius 1 is 1.12 bits per heavy atom. The van der Waals surface area contributed by atoms with Crippen molar-refractivity contribution < 1.29 is 19.1 Å². The lowest BCUT2D eigenvalue weighted by Gasteiger charge is -2.48. The molecule has 0 aromatic carbocycles. The average Bonchev–Trinajstić information content (AvgIpc) is 2.79. The Hall–Kier alpha value is -1.22. The van der Waals surface area contributed by atoms with E-state index in [1.54, 1.807) is 4.90 Å². The van der Waals surface area contributed by atoms with Crippen LogP contribution >= 0.6 is 0 Å². The normalized spacial score (nSPS) is 34.3. The van der Waals surface area contributed by atoms with E-state index in [1.165, 1.54) is 25.9 Å². The van der Waals surface area contributed by atoms with Crippen LogP contribution < -0.4 is 5.32 Å². The van der Waals surface area contributed by atoms with E-state index >= 15 is 0 Å². The third-order valence-corrected chi connectivity index (χ3v) is 8.16. The first-order chi connectivity index (χ1) is 16.2. The van der Waals surface area contributed by atoms with Gasteiger partial charge in [0.05, 0.1) is 25.8 Å². The number of carbonyl (C=O) groups excluding carboxylic acids is 2. The maximum Gasteiger partial charge on any atom is 0.242 e. The number of amides is 2. The molecule has 4 aliphatic rings. The monoisotopic (exact) mass is 478 g/mol. The highest BCUT2D eigenvalue weighted by Crippen LogP contribution is 2.35. The molecule has 194 valence electrons. The van der Waals surface area contributed by atoms with Gasteiger partial charge in [-0.3, -0.25) is 9.59 Å². The molecule has 4 aliphatic heterocycles. The summed E-state index contributed by atoms with van der Waals surface area (Å²) >= 11 is 0. The highest BCUT2D eigenvalue weighted by molar-refractivity contribution is 5.88. The molecule has 2 unspecified atom stereocenters. The van der Waals surface area contributed by atoms with E-state index in [-0.39, 0.29) is 30.4 Å². The lowest BCUT2D eigenvalue weighted by molar-refractivity contribution is -0.303. The molecule has 0 aromatic rings. The van der Waals surface area contributed by atoms with Crippen LogP contribution in [0.5, 0.6) is 0 Å². The van der Waals surface area contributed by atoms with Gasteiger partial charge >= 0.3 is 0 Å². The van der Waals surface area contributed by atoms with Crippen molar-refractivity contribution in [1.29, 1.82) is 0 Å². The molecule has 2 amide bonds. The molecule has 4 saturated heterocycles. The summed E-state index contributed by atoms with van der Waals surface area (Å²) in [6.45, 7) is 15.7. The van der Waals surface area contributed by atoms with Gasteiger partial charge in [-0.15, -0.1) is 0 Å². The molecule has 2 atom stereocenters. The van der Waals surface area contributed by atoms with E-state index in [4.69, 9.17) is 9.47 Å². The molecule has 1 N–H and O–H groups in total. The van der Waals surface area contributed by atoms with E-state index in [0.29, 0.717) is 37.8 Å². The lowest BCUT2D eigenvalue weighted by atomic mass is 9.94. The smallest absolute Gasteiger partial charge is 0.242 e. The zero-order chi connectivity index (χ0) is 24.3. The van der Waals surface area contributed by atoms with E-state index in [9.17, 15) is 9.59 Å². The van der Waals surface area contributed by atoms with Gasteiger partial charge in [0.2, 0.25) is 11.8 Å². The molecule has 0 aliphatic carbocycles. The second-order valence-electron chi connectivity index (χ2n) is 11.7. The minimum Gasteiger partial charge on any atom is -0.349 e. The van der Waals surface area contributed by atoms with Crippen LogP contribution in [0.4, 0.5) is 0 Å². The van der Waals surface area contributed by atoms with Gasteiger partial charge < -0.3 is 29.5 Å². The molecule has 4 fully saturated rings. The van der Waals surface area contributed by atoms with Gasteiger partial charge in [0.25, 0.3) is 0 Å². The standard InChI is InChI=1S/C26H46N4O4/c1-19(2)13-23-25(32)29(12-8-27-23)16-24(31)30-11-7-26(14-21(30)4)33-17-22(18-34-26)15-28-9-5-20(3)6-10-28/h19-23,27H,5-18H2,1-4H3. The fourth-order valence-corrected chi connectivity index (χ4v) is 6.01. The zero-order valence-electron chi connectivity index (χ0n) is 21.8. The van der Waals surface area contributed by atoms with E-state index in [2.05, 4.69) is 37.9 Å². The molecule has 8 nitrogen and oxygen atoms in total. The summed E-state index contributed by atoms with van der Waals surface area (Å²) in [7, 11) is 0. The van der Waals surface area contributed by atoms with Crippen molar-refractivity contribution in [2.45, 2.75) is 77.7 Å². The van der Waals surface area contributed by atoms with Crippen molar-refractivity contribution in [2.24, 2.45) is 17.8 Å². The molecule has 0 radical (unpaired) electrons. The third kappa shape index (κ3) is 6.31. The van der Waals surface area contributed by atoms with E-state index in [0.717, 1.165) is 38.6 Å². The summed E-state index contributed by atoms with van der Waals surface area (Å²) in [5.74, 6) is 1.24. The number of nitrogens with zero attached hydrogens (tertiary/aromatic N) is 3. The number of piperazine rings is 1. The van der Waals surface area contributed by atoms with E-state index in [1.807, 2.05) is 4.90 Å². The van der Waals surface area contributed by atoms with Gasteiger partial charge in [-0.25, -0.2) is 0 Å². The number of likely N-dealkylation sites (tertiary alicyclic amines) is 2. The Kier molecular flexibility index (Phi) is 8.54. The van der Waals surface area contributed by atoms with Crippen LogP contribution in [0.3, 0.4) is 0 Å². The number of nitrogens with one attached hydrogen (secondary N) is 1. The molecule has 4 heterocycles. The Morgan fingerprint density at radius 3 is 2.47 bits per heavy atom. The highest BCUT2D eigenvalue weighted by Gasteiger charge is 2.45. The Labute approximate surface area is 205 Å². The minimum absolute atomic E-state index is 0.0332. The van der Waals surface area contributed by atoms with Crippen molar-refractivity contribution in [3.05, 3.63) is 0 Å². The molecular weight excluding hydrogens is 432 g/mol. The number of hydrogen-bond donors (Lipinski definition) is 1. The molecule has 34 heavy (non-hydrogen) atoms. The van der Waals surface area contributed by atoms with Crippen LogP contribution in [0.1, 0.15) is 59.8 Å². The SMILES string of the molecule is CC(C)CC1NCCN(CC(=O)N2CCC3(CC2C)OCC(CN2CCC(C)CC2)CO3)C1=O. The molecular formula is C26H46N4O4. The topological polar surface area (TPSA) is 74.3 Å². The number of hydrogen-bond acceptors (Lipinski definition) is 6. The maximum atomic E-state index is 13.1. The summed E-state index contributed by atoms with van der Waals surface area (Å²) in [4.78, 5) is 32.2. The molecule has 0 aromatic heterocycles. The number of piperidine rings is 2. The fourth-order valence-electron chi connectivity index (χ4n) is 6.01. The summed E-state index contributed by atoms with van der Waals surface area (Å²) < 4.78 is 12.7. The van der Waals surface area contributed by atoms with Crippen molar-refractivity contribution >= 4 is 11.8 Å². The molecule has 4 rings (SSSR count). The number of carbonyl (C=O) groups is 2. The van der Waals surface area contributed by atoms with Crippen LogP contribution in [0, 0.1) is 17.8 Å². The highest BCUT2D eigenvalue weighted by atomic mass is 16.7. The van der Waals surface area contributed by atoms with Gasteiger partial charge in [0.15, 0.2) is 5.79 Å². The van der Waals surface area contributed by atoms with Crippen LogP contribution in [-0.4, -0.2) is 103 Å². The lowest BCUT2D eigenvalue weighted by Crippen LogP contribution is -2.60. The molecule has 0 saturated carbocycles. The van der Waals surface area contributed by atoms with Crippen molar-refractivity contribution in [3.63, 3.8) is 0 Å². The largest absolute Gasteiger partial charge is 0.349 e. The molecule has 1 spiro atoms. The first-order valence-electron chi connectivity index (χ1n) is 13.6. The molecule has 8 heteroatoms. The van der Waals surface area contributed by atoms with Crippen LogP contribution in [0.15, 0.2) is 0 Å². The summed E-state index contributed by atoms with van der Waals surface area (Å²) in [6, 6.07) is -0.139. The number of rotatable bonds is 6. The predicted octanol–water partition coefficient (Wildman–Crippen LogP) is 1.94. The predicted molar refractivity (Wildman–Crippen MR) is 131 cm³/mol. The summed E-state index contributed by atoms with van der Waals surface area (Å²) in [5, 5.41) is 3.31. The van der Waals surface area contributed by atoms with E-state index < -0.39 is 5.79 Å². The van der Waals surface area contributed by atoms with Gasteiger partial charge in [-0.1, -0.05) is 20.8 Å². The van der Waals surface area contributed by atoms with Crippen LogP contribution in [0.2, 0.25) is 0 Å². The second-order valence-corrected chi connectivity index (χ2v) is 11.7. The van der Waals surface area contributed by atoms with Crippen molar-refractivity contribution in [3.8, 4) is 0 Å². The maximum absolute atomic E-state index is 13.1. The van der Waals surface area contributed by atoms with Crippen molar-refractivity contribution in [2.75, 3.05) is 59.0 Å². The Bertz CT molecular complexity index is 701. The average molecular weight is 479 g/mol. The zero-order valence-corrected chi connectivity index (χ0v) is 21.8. The second kappa shape index (κ2) is 11.2. The Morgan fingerprint density at radius 2 is 1.82 bits per heavy atom. The minimum atomic E-state index is -0.559. The number of ether oxygens (including phenoxy) is 2. The fraction of sp³-hybridized carbons (Fsp3) is 0.923. The summed E-state index contributed by atoms with van der Waals surface area (Å²) in [5.41, 5.74) is 0.